The summed E-state index contributed by atoms with van der Waals surface area (Å²) in [6.45, 7) is 2.97. The molecule has 1 heterocycles. The molecule has 0 aromatic carbocycles. The van der Waals surface area contributed by atoms with Crippen molar-refractivity contribution in [2.75, 3.05) is 32.4 Å². The summed E-state index contributed by atoms with van der Waals surface area (Å²) >= 11 is 0. The van der Waals surface area contributed by atoms with Crippen LogP contribution in [0.25, 0.3) is 0 Å². The van der Waals surface area contributed by atoms with Crippen molar-refractivity contribution in [3.05, 3.63) is 0 Å². The van der Waals surface area contributed by atoms with Gasteiger partial charge in [0.1, 0.15) is 0 Å². The summed E-state index contributed by atoms with van der Waals surface area (Å²) in [6.07, 6.45) is 2.08. The second-order valence-corrected chi connectivity index (χ2v) is 4.60. The zero-order chi connectivity index (χ0) is 9.03. The van der Waals surface area contributed by atoms with Gasteiger partial charge >= 0.3 is 0 Å². The van der Waals surface area contributed by atoms with E-state index in [1.165, 1.54) is 0 Å². The number of hydrogen-bond acceptors (Lipinski definition) is 3. The summed E-state index contributed by atoms with van der Waals surface area (Å²) in [5.41, 5.74) is 0. The Morgan fingerprint density at radius 2 is 2.08 bits per heavy atom. The minimum absolute atomic E-state index is 0.674. The molecule has 71 valence electrons. The van der Waals surface area contributed by atoms with Gasteiger partial charge in [-0.3, -0.25) is 0 Å². The van der Waals surface area contributed by atoms with Crippen LogP contribution in [-0.4, -0.2) is 45.9 Å². The Balaban J connectivity index is 2.40. The Morgan fingerprint density at radius 3 is 2.75 bits per heavy atom. The van der Waals surface area contributed by atoms with Crippen molar-refractivity contribution in [1.29, 1.82) is 0 Å². The van der Waals surface area contributed by atoms with E-state index >= 15 is 0 Å². The molecule has 0 aromatic rings. The first kappa shape index (κ1) is 9.91. The quantitative estimate of drug-likeness (QED) is 0.595. The van der Waals surface area contributed by atoms with Gasteiger partial charge in [-0.05, 0) is 6.42 Å². The van der Waals surface area contributed by atoms with E-state index in [1.807, 2.05) is 0 Å². The maximum absolute atomic E-state index is 10.8. The highest BCUT2D eigenvalue weighted by molar-refractivity contribution is 7.88. The Morgan fingerprint density at radius 1 is 1.33 bits per heavy atom. The van der Waals surface area contributed by atoms with Crippen LogP contribution in [0.4, 0.5) is 0 Å². The third-order valence-corrected chi connectivity index (χ3v) is 2.16. The molecule has 0 amide bonds. The fourth-order valence-corrected chi connectivity index (χ4v) is 1.77. The van der Waals surface area contributed by atoms with Crippen molar-refractivity contribution >= 4 is 10.0 Å². The lowest BCUT2D eigenvalue weighted by Gasteiger charge is -2.18. The maximum atomic E-state index is 10.8. The van der Waals surface area contributed by atoms with Crippen LogP contribution in [0.2, 0.25) is 0 Å². The number of hydrazine groups is 1. The van der Waals surface area contributed by atoms with E-state index in [-0.39, 0.29) is 0 Å². The smallest absolute Gasteiger partial charge is 0.221 e. The molecule has 12 heavy (non-hydrogen) atoms. The van der Waals surface area contributed by atoms with Crippen LogP contribution < -0.4 is 10.1 Å². The van der Waals surface area contributed by atoms with Crippen molar-refractivity contribution < 1.29 is 8.42 Å². The highest BCUT2D eigenvalue weighted by atomic mass is 32.2. The van der Waals surface area contributed by atoms with Crippen molar-refractivity contribution in [2.45, 2.75) is 6.42 Å². The van der Waals surface area contributed by atoms with Gasteiger partial charge in [-0.15, -0.1) is 4.83 Å². The molecule has 0 bridgehead atoms. The van der Waals surface area contributed by atoms with Gasteiger partial charge in [0.05, 0.1) is 6.26 Å². The molecule has 1 aliphatic rings. The molecule has 1 saturated heterocycles. The first-order valence-electron chi connectivity index (χ1n) is 3.93. The van der Waals surface area contributed by atoms with E-state index in [0.717, 1.165) is 25.8 Å². The average molecular weight is 192 g/mol. The predicted octanol–water partition coefficient (Wildman–Crippen LogP) is -1.24. The van der Waals surface area contributed by atoms with Gasteiger partial charge in [0.25, 0.3) is 0 Å². The number of rotatable bonds is 2. The molecule has 0 saturated carbocycles. The Bertz CT molecular complexity index is 219. The largest absolute Gasteiger partial charge is 0.240 e. The Hall–Kier alpha value is -0.170. The van der Waals surface area contributed by atoms with E-state index in [4.69, 9.17) is 0 Å². The number of hydrogen-bond donors (Lipinski definition) is 1. The van der Waals surface area contributed by atoms with E-state index in [0.29, 0.717) is 13.1 Å². The van der Waals surface area contributed by atoms with Crippen LogP contribution in [0, 0.1) is 0 Å². The Labute approximate surface area is 73.1 Å². The minimum Gasteiger partial charge on any atom is -0.240 e. The van der Waals surface area contributed by atoms with Gasteiger partial charge in [-0.1, -0.05) is 0 Å². The van der Waals surface area contributed by atoms with Gasteiger partial charge in [-0.25, -0.2) is 18.7 Å². The van der Waals surface area contributed by atoms with Crippen LogP contribution in [0.5, 0.6) is 0 Å². The van der Waals surface area contributed by atoms with Crippen molar-refractivity contribution in [1.82, 2.24) is 15.2 Å². The SMILES string of the molecule is CS(=O)(=O)NN1CCC[N]CC1. The zero-order valence-electron chi connectivity index (χ0n) is 7.15. The van der Waals surface area contributed by atoms with Crippen LogP contribution in [-0.2, 0) is 10.0 Å². The van der Waals surface area contributed by atoms with E-state index in [9.17, 15) is 8.42 Å². The third-order valence-electron chi connectivity index (χ3n) is 1.57. The molecule has 5 nitrogen and oxygen atoms in total. The van der Waals surface area contributed by atoms with Crippen LogP contribution in [0.1, 0.15) is 6.42 Å². The summed E-state index contributed by atoms with van der Waals surface area (Å²) in [5, 5.41) is 5.87. The number of sulfonamides is 1. The lowest BCUT2D eigenvalue weighted by Crippen LogP contribution is -2.43. The highest BCUT2D eigenvalue weighted by Gasteiger charge is 2.12. The molecule has 0 aromatic heterocycles. The van der Waals surface area contributed by atoms with Gasteiger partial charge < -0.3 is 0 Å². The molecule has 0 aliphatic carbocycles. The summed E-state index contributed by atoms with van der Waals surface area (Å²) in [7, 11) is -3.11. The molecular formula is C6H14N3O2S. The lowest BCUT2D eigenvalue weighted by atomic mass is 10.4. The predicted molar refractivity (Wildman–Crippen MR) is 46.0 cm³/mol. The molecule has 1 rings (SSSR count). The molecule has 0 atom stereocenters. The lowest BCUT2D eigenvalue weighted by molar-refractivity contribution is 0.258. The van der Waals surface area contributed by atoms with Gasteiger partial charge in [-0.2, -0.15) is 0 Å². The van der Waals surface area contributed by atoms with Crippen molar-refractivity contribution in [3.8, 4) is 0 Å². The normalized spacial score (nSPS) is 22.1. The molecule has 1 fully saturated rings. The summed E-state index contributed by atoms with van der Waals surface area (Å²) in [4.78, 5) is 2.44. The monoisotopic (exact) mass is 192 g/mol. The van der Waals surface area contributed by atoms with Gasteiger partial charge in [0.2, 0.25) is 10.0 Å². The summed E-state index contributed by atoms with van der Waals surface area (Å²) < 4.78 is 21.7. The molecule has 0 unspecified atom stereocenters. The highest BCUT2D eigenvalue weighted by Crippen LogP contribution is 1.93. The topological polar surface area (TPSA) is 63.5 Å². The Kier molecular flexibility index (Phi) is 3.45. The van der Waals surface area contributed by atoms with E-state index in [2.05, 4.69) is 10.1 Å². The van der Waals surface area contributed by atoms with Crippen LogP contribution >= 0.6 is 0 Å². The standard InChI is InChI=1S/C6H14N3O2S/c1-12(10,11)8-9-5-2-3-7-4-6-9/h8H,2-6H2,1H3. The number of nitrogens with zero attached hydrogens (tertiary/aromatic N) is 2. The van der Waals surface area contributed by atoms with E-state index < -0.39 is 10.0 Å². The first-order valence-corrected chi connectivity index (χ1v) is 5.83. The summed E-state index contributed by atoms with van der Waals surface area (Å²) in [5.74, 6) is 0. The second kappa shape index (κ2) is 4.18. The maximum Gasteiger partial charge on any atom is 0.221 e. The average Bonchev–Trinajstić information content (AvgIpc) is 2.12. The third kappa shape index (κ3) is 4.01. The summed E-state index contributed by atoms with van der Waals surface area (Å²) in [6, 6.07) is 0. The minimum atomic E-state index is -3.11. The molecular weight excluding hydrogens is 178 g/mol. The molecule has 1 radical (unpaired) electrons. The van der Waals surface area contributed by atoms with Crippen molar-refractivity contribution in [3.63, 3.8) is 0 Å². The fourth-order valence-electron chi connectivity index (χ4n) is 1.11. The zero-order valence-corrected chi connectivity index (χ0v) is 7.97. The molecule has 1 N–H and O–H groups in total. The molecule has 1 aliphatic heterocycles. The van der Waals surface area contributed by atoms with Gasteiger partial charge in [0.15, 0.2) is 0 Å². The van der Waals surface area contributed by atoms with Crippen molar-refractivity contribution in [2.24, 2.45) is 0 Å². The number of nitrogens with one attached hydrogen (secondary N) is 1. The van der Waals surface area contributed by atoms with Crippen LogP contribution in [0.3, 0.4) is 0 Å². The molecule has 6 heteroatoms. The first-order chi connectivity index (χ1) is 5.58. The molecule has 0 spiro atoms. The second-order valence-electron chi connectivity index (χ2n) is 2.87. The van der Waals surface area contributed by atoms with Gasteiger partial charge in [0, 0.05) is 26.2 Å². The van der Waals surface area contributed by atoms with E-state index in [1.54, 1.807) is 5.01 Å². The van der Waals surface area contributed by atoms with Crippen LogP contribution in [0.15, 0.2) is 0 Å². The fraction of sp³-hybridized carbons (Fsp3) is 1.00.